The Kier molecular flexibility index (Phi) is 4.63. The Labute approximate surface area is 153 Å². The van der Waals surface area contributed by atoms with Gasteiger partial charge in [0.1, 0.15) is 0 Å². The first kappa shape index (κ1) is 16.7. The third-order valence-corrected chi connectivity index (χ3v) is 5.10. The number of urea groups is 1. The number of carbonyl (C=O) groups is 1. The van der Waals surface area contributed by atoms with Gasteiger partial charge in [0.2, 0.25) is 0 Å². The second kappa shape index (κ2) is 7.22. The molecule has 1 aliphatic heterocycles. The fraction of sp³-hybridized carbons (Fsp3) is 0.286. The van der Waals surface area contributed by atoms with Crippen molar-refractivity contribution < 1.29 is 4.79 Å². The highest BCUT2D eigenvalue weighted by molar-refractivity contribution is 5.84. The Balaban J connectivity index is 1.54. The van der Waals surface area contributed by atoms with Crippen LogP contribution in [0.25, 0.3) is 10.9 Å². The van der Waals surface area contributed by atoms with Crippen molar-refractivity contribution >= 4 is 16.9 Å². The number of carbonyl (C=O) groups excluding carboxylic acids is 1. The number of hydrogen-bond donors (Lipinski definition) is 3. The smallest absolute Gasteiger partial charge is 0.318 e. The number of aromatic nitrogens is 1. The average Bonchev–Trinajstić information content (AvgIpc) is 3.21. The second-order valence-electron chi connectivity index (χ2n) is 6.89. The lowest BCUT2D eigenvalue weighted by atomic mass is 10.0. The molecule has 5 heteroatoms. The first-order chi connectivity index (χ1) is 12.7. The molecule has 5 nitrogen and oxygen atoms in total. The summed E-state index contributed by atoms with van der Waals surface area (Å²) < 4.78 is 0. The van der Waals surface area contributed by atoms with Crippen LogP contribution < -0.4 is 11.1 Å². The predicted octanol–water partition coefficient (Wildman–Crippen LogP) is 2.81. The first-order valence-corrected chi connectivity index (χ1v) is 9.12. The average molecular weight is 348 g/mol. The molecule has 2 amide bonds. The zero-order valence-corrected chi connectivity index (χ0v) is 14.7. The summed E-state index contributed by atoms with van der Waals surface area (Å²) in [7, 11) is 0. The molecule has 26 heavy (non-hydrogen) atoms. The molecule has 0 aliphatic carbocycles. The van der Waals surface area contributed by atoms with E-state index < -0.39 is 0 Å². The van der Waals surface area contributed by atoms with Crippen molar-refractivity contribution in [2.24, 2.45) is 5.73 Å². The van der Waals surface area contributed by atoms with Crippen LogP contribution in [0, 0.1) is 0 Å². The van der Waals surface area contributed by atoms with Crippen LogP contribution >= 0.6 is 0 Å². The molecule has 0 spiro atoms. The number of fused-ring (bicyclic) bond motifs is 1. The maximum Gasteiger partial charge on any atom is 0.318 e. The Morgan fingerprint density at radius 2 is 1.96 bits per heavy atom. The SMILES string of the molecule is NCCc1c[nH]c2ccc(CC3CNC(=O)N3Cc3ccccc3)cc12. The van der Waals surface area contributed by atoms with Crippen molar-refractivity contribution in [3.8, 4) is 0 Å². The number of nitrogens with two attached hydrogens (primary N) is 1. The zero-order chi connectivity index (χ0) is 17.9. The molecule has 1 aliphatic rings. The minimum Gasteiger partial charge on any atom is -0.361 e. The van der Waals surface area contributed by atoms with Crippen LogP contribution in [0.3, 0.4) is 0 Å². The highest BCUT2D eigenvalue weighted by Crippen LogP contribution is 2.23. The molecule has 0 bridgehead atoms. The van der Waals surface area contributed by atoms with Crippen molar-refractivity contribution in [3.63, 3.8) is 0 Å². The van der Waals surface area contributed by atoms with Gasteiger partial charge in [0.05, 0.1) is 6.04 Å². The lowest BCUT2D eigenvalue weighted by Gasteiger charge is -2.23. The summed E-state index contributed by atoms with van der Waals surface area (Å²) in [6.45, 7) is 1.97. The fourth-order valence-corrected chi connectivity index (χ4v) is 3.73. The van der Waals surface area contributed by atoms with E-state index in [1.807, 2.05) is 29.3 Å². The number of H-pyrrole nitrogens is 1. The highest BCUT2D eigenvalue weighted by atomic mass is 16.2. The van der Waals surface area contributed by atoms with Crippen LogP contribution in [0.5, 0.6) is 0 Å². The largest absolute Gasteiger partial charge is 0.361 e. The molecule has 1 fully saturated rings. The third kappa shape index (κ3) is 3.30. The van der Waals surface area contributed by atoms with Crippen LogP contribution in [0.15, 0.2) is 54.7 Å². The molecule has 1 saturated heterocycles. The van der Waals surface area contributed by atoms with E-state index in [2.05, 4.69) is 40.6 Å². The Hall–Kier alpha value is -2.79. The number of benzene rings is 2. The maximum absolute atomic E-state index is 12.3. The standard InChI is InChI=1S/C21H24N4O/c22-9-8-17-12-23-20-7-6-16(11-19(17)20)10-18-13-24-21(26)25(18)14-15-4-2-1-3-5-15/h1-7,11-12,18,23H,8-10,13-14,22H2,(H,24,26). The quantitative estimate of drug-likeness (QED) is 0.641. The van der Waals surface area contributed by atoms with Gasteiger partial charge >= 0.3 is 6.03 Å². The van der Waals surface area contributed by atoms with E-state index >= 15 is 0 Å². The molecule has 0 saturated carbocycles. The van der Waals surface area contributed by atoms with Crippen molar-refractivity contribution in [1.29, 1.82) is 0 Å². The summed E-state index contributed by atoms with van der Waals surface area (Å²) in [5.41, 5.74) is 10.5. The summed E-state index contributed by atoms with van der Waals surface area (Å²) >= 11 is 0. The summed E-state index contributed by atoms with van der Waals surface area (Å²) in [5.74, 6) is 0. The Morgan fingerprint density at radius 1 is 1.12 bits per heavy atom. The number of amides is 2. The maximum atomic E-state index is 12.3. The van der Waals surface area contributed by atoms with Gasteiger partial charge in [-0.3, -0.25) is 0 Å². The van der Waals surface area contributed by atoms with Gasteiger partial charge in [-0.15, -0.1) is 0 Å². The van der Waals surface area contributed by atoms with Crippen LogP contribution in [-0.4, -0.2) is 35.0 Å². The number of aromatic amines is 1. The molecule has 2 aromatic carbocycles. The second-order valence-corrected chi connectivity index (χ2v) is 6.89. The van der Waals surface area contributed by atoms with Crippen molar-refractivity contribution in [2.75, 3.05) is 13.1 Å². The molecule has 1 unspecified atom stereocenters. The van der Waals surface area contributed by atoms with E-state index in [1.165, 1.54) is 16.5 Å². The monoisotopic (exact) mass is 348 g/mol. The van der Waals surface area contributed by atoms with E-state index in [1.54, 1.807) is 0 Å². The number of hydrogen-bond acceptors (Lipinski definition) is 2. The summed E-state index contributed by atoms with van der Waals surface area (Å²) in [5, 5.41) is 4.22. The van der Waals surface area contributed by atoms with Gasteiger partial charge in [-0.1, -0.05) is 36.4 Å². The van der Waals surface area contributed by atoms with Crippen LogP contribution in [0.4, 0.5) is 4.79 Å². The van der Waals surface area contributed by atoms with Crippen LogP contribution in [0.1, 0.15) is 16.7 Å². The lowest BCUT2D eigenvalue weighted by molar-refractivity contribution is 0.200. The molecule has 1 atom stereocenters. The molecule has 1 aromatic heterocycles. The minimum atomic E-state index is 0.0189. The summed E-state index contributed by atoms with van der Waals surface area (Å²) in [6, 6.07) is 16.8. The van der Waals surface area contributed by atoms with Crippen molar-refractivity contribution in [2.45, 2.75) is 25.4 Å². The van der Waals surface area contributed by atoms with Crippen molar-refractivity contribution in [1.82, 2.24) is 15.2 Å². The van der Waals surface area contributed by atoms with Crippen LogP contribution in [0.2, 0.25) is 0 Å². The fourth-order valence-electron chi connectivity index (χ4n) is 3.73. The zero-order valence-electron chi connectivity index (χ0n) is 14.7. The topological polar surface area (TPSA) is 74.1 Å². The highest BCUT2D eigenvalue weighted by Gasteiger charge is 2.30. The van der Waals surface area contributed by atoms with E-state index in [-0.39, 0.29) is 12.1 Å². The molecule has 0 radical (unpaired) electrons. The van der Waals surface area contributed by atoms with Gasteiger partial charge in [-0.25, -0.2) is 4.79 Å². The molecular formula is C21H24N4O. The predicted molar refractivity (Wildman–Crippen MR) is 104 cm³/mol. The summed E-state index contributed by atoms with van der Waals surface area (Å²) in [4.78, 5) is 17.5. The normalized spacial score (nSPS) is 17.0. The summed E-state index contributed by atoms with van der Waals surface area (Å²) in [6.07, 6.45) is 3.76. The van der Waals surface area contributed by atoms with Gasteiger partial charge in [0.25, 0.3) is 0 Å². The molecule has 134 valence electrons. The number of rotatable bonds is 6. The Morgan fingerprint density at radius 3 is 2.77 bits per heavy atom. The van der Waals surface area contributed by atoms with Gasteiger partial charge < -0.3 is 20.9 Å². The molecular weight excluding hydrogens is 324 g/mol. The third-order valence-electron chi connectivity index (χ3n) is 5.10. The van der Waals surface area contributed by atoms with E-state index in [0.29, 0.717) is 19.6 Å². The minimum absolute atomic E-state index is 0.0189. The van der Waals surface area contributed by atoms with Gasteiger partial charge in [0.15, 0.2) is 0 Å². The Bertz CT molecular complexity index is 903. The lowest BCUT2D eigenvalue weighted by Crippen LogP contribution is -2.35. The molecule has 3 aromatic rings. The van der Waals surface area contributed by atoms with E-state index in [9.17, 15) is 4.79 Å². The van der Waals surface area contributed by atoms with Gasteiger partial charge in [0, 0.05) is 30.2 Å². The molecule has 4 rings (SSSR count). The van der Waals surface area contributed by atoms with E-state index in [0.717, 1.165) is 23.9 Å². The first-order valence-electron chi connectivity index (χ1n) is 9.12. The van der Waals surface area contributed by atoms with Gasteiger partial charge in [-0.05, 0) is 48.2 Å². The molecule has 4 N–H and O–H groups in total. The van der Waals surface area contributed by atoms with E-state index in [4.69, 9.17) is 5.73 Å². The van der Waals surface area contributed by atoms with Gasteiger partial charge in [-0.2, -0.15) is 0 Å². The van der Waals surface area contributed by atoms with Crippen molar-refractivity contribution in [3.05, 3.63) is 71.4 Å². The van der Waals surface area contributed by atoms with Crippen LogP contribution in [-0.2, 0) is 19.4 Å². The number of nitrogens with zero attached hydrogens (tertiary/aromatic N) is 1. The molecule has 2 heterocycles. The number of nitrogens with one attached hydrogen (secondary N) is 2.